The molecular weight excluding hydrogens is 282 g/mol. The fourth-order valence-corrected chi connectivity index (χ4v) is 2.28. The monoisotopic (exact) mass is 299 g/mol. The number of carboxylic acids is 1. The third-order valence-electron chi connectivity index (χ3n) is 3.35. The number of hydrogen-bond acceptors (Lipinski definition) is 4. The zero-order valence-corrected chi connectivity index (χ0v) is 12.3. The summed E-state index contributed by atoms with van der Waals surface area (Å²) in [6.07, 6.45) is 3.45. The Morgan fingerprint density at radius 2 is 2.15 bits per heavy atom. The Morgan fingerprint density at radius 3 is 2.70 bits per heavy atom. The first kappa shape index (κ1) is 16.4. The Bertz CT molecular complexity index is 507. The first-order chi connectivity index (χ1) is 9.00. The average molecular weight is 300 g/mol. The van der Waals surface area contributed by atoms with Crippen molar-refractivity contribution in [2.45, 2.75) is 26.2 Å². The van der Waals surface area contributed by atoms with Gasteiger partial charge in [-0.1, -0.05) is 13.8 Å². The number of likely N-dealkylation sites (tertiary alicyclic amines) is 1. The van der Waals surface area contributed by atoms with Crippen molar-refractivity contribution in [2.24, 2.45) is 5.92 Å². The lowest BCUT2D eigenvalue weighted by molar-refractivity contribution is -0.141. The number of aliphatic carboxylic acids is 1. The summed E-state index contributed by atoms with van der Waals surface area (Å²) in [4.78, 5) is 32.9. The highest BCUT2D eigenvalue weighted by Gasteiger charge is 2.32. The van der Waals surface area contributed by atoms with Crippen LogP contribution in [0.2, 0.25) is 0 Å². The maximum atomic E-state index is 12.4. The van der Waals surface area contributed by atoms with Gasteiger partial charge in [0.15, 0.2) is 0 Å². The van der Waals surface area contributed by atoms with Crippen LogP contribution in [0.5, 0.6) is 0 Å². The lowest BCUT2D eigenvalue weighted by Gasteiger charge is -2.18. The van der Waals surface area contributed by atoms with Gasteiger partial charge in [0.2, 0.25) is 0 Å². The van der Waals surface area contributed by atoms with Gasteiger partial charge < -0.3 is 10.0 Å². The molecule has 1 aromatic rings. The predicted molar refractivity (Wildman–Crippen MR) is 75.0 cm³/mol. The smallest absolute Gasteiger partial charge is 0.308 e. The zero-order valence-electron chi connectivity index (χ0n) is 11.4. The minimum absolute atomic E-state index is 0. The second kappa shape index (κ2) is 6.65. The van der Waals surface area contributed by atoms with Crippen molar-refractivity contribution >= 4 is 24.3 Å². The van der Waals surface area contributed by atoms with Crippen LogP contribution in [0.3, 0.4) is 0 Å². The maximum Gasteiger partial charge on any atom is 0.308 e. The number of halogens is 1. The van der Waals surface area contributed by atoms with Crippen molar-refractivity contribution in [2.75, 3.05) is 13.1 Å². The lowest BCUT2D eigenvalue weighted by atomic mass is 10.0. The summed E-state index contributed by atoms with van der Waals surface area (Å²) < 4.78 is 0. The summed E-state index contributed by atoms with van der Waals surface area (Å²) in [6, 6.07) is 0. The van der Waals surface area contributed by atoms with E-state index in [0.717, 1.165) is 0 Å². The number of rotatable bonds is 3. The van der Waals surface area contributed by atoms with Crippen molar-refractivity contribution in [3.8, 4) is 0 Å². The van der Waals surface area contributed by atoms with Crippen molar-refractivity contribution in [3.63, 3.8) is 0 Å². The van der Waals surface area contributed by atoms with Gasteiger partial charge in [0.05, 0.1) is 17.2 Å². The third-order valence-corrected chi connectivity index (χ3v) is 3.35. The number of aromatic nitrogens is 2. The highest BCUT2D eigenvalue weighted by atomic mass is 35.5. The van der Waals surface area contributed by atoms with E-state index in [1.807, 2.05) is 13.8 Å². The van der Waals surface area contributed by atoms with E-state index in [2.05, 4.69) is 9.97 Å². The van der Waals surface area contributed by atoms with Crippen LogP contribution in [0.4, 0.5) is 0 Å². The molecule has 110 valence electrons. The number of nitrogens with zero attached hydrogens (tertiary/aromatic N) is 3. The molecule has 7 heteroatoms. The SMILES string of the molecule is CC(C)c1ncncc1C(=O)N1CCC(C(=O)O)C1.Cl. The van der Waals surface area contributed by atoms with Crippen molar-refractivity contribution in [1.29, 1.82) is 0 Å². The molecule has 0 radical (unpaired) electrons. The summed E-state index contributed by atoms with van der Waals surface area (Å²) in [7, 11) is 0. The van der Waals surface area contributed by atoms with Gasteiger partial charge in [0.25, 0.3) is 5.91 Å². The molecule has 2 heterocycles. The summed E-state index contributed by atoms with van der Waals surface area (Å²) in [5.41, 5.74) is 1.18. The molecule has 6 nitrogen and oxygen atoms in total. The van der Waals surface area contributed by atoms with E-state index in [-0.39, 0.29) is 30.8 Å². The van der Waals surface area contributed by atoms with Crippen molar-refractivity contribution in [3.05, 3.63) is 23.8 Å². The minimum Gasteiger partial charge on any atom is -0.481 e. The molecule has 1 N–H and O–H groups in total. The Labute approximate surface area is 123 Å². The van der Waals surface area contributed by atoms with Crippen LogP contribution in [0.1, 0.15) is 42.2 Å². The van der Waals surface area contributed by atoms with Gasteiger partial charge in [-0.3, -0.25) is 9.59 Å². The van der Waals surface area contributed by atoms with Gasteiger partial charge in [-0.15, -0.1) is 12.4 Å². The molecule has 1 saturated heterocycles. The Hall–Kier alpha value is -1.69. The molecule has 0 aliphatic carbocycles. The Balaban J connectivity index is 0.00000200. The molecular formula is C13H18ClN3O3. The second-order valence-electron chi connectivity index (χ2n) is 5.05. The van der Waals surface area contributed by atoms with E-state index in [1.165, 1.54) is 12.5 Å². The molecule has 20 heavy (non-hydrogen) atoms. The predicted octanol–water partition coefficient (Wildman–Crippen LogP) is 1.57. The molecule has 1 fully saturated rings. The molecule has 0 aromatic carbocycles. The van der Waals surface area contributed by atoms with Crippen LogP contribution in [-0.4, -0.2) is 44.9 Å². The summed E-state index contributed by atoms with van der Waals surface area (Å²) in [5, 5.41) is 8.96. The molecule has 1 aliphatic rings. The molecule has 1 unspecified atom stereocenters. The Kier molecular flexibility index (Phi) is 5.44. The zero-order chi connectivity index (χ0) is 14.0. The summed E-state index contributed by atoms with van der Waals surface area (Å²) in [6.45, 7) is 4.66. The normalized spacial score (nSPS) is 17.9. The van der Waals surface area contributed by atoms with E-state index in [4.69, 9.17) is 5.11 Å². The standard InChI is InChI=1S/C13H17N3O3.ClH/c1-8(2)11-10(5-14-7-15-11)12(17)16-4-3-9(6-16)13(18)19;/h5,7-9H,3-4,6H2,1-2H3,(H,18,19);1H. The first-order valence-corrected chi connectivity index (χ1v) is 6.32. The molecule has 0 saturated carbocycles. The highest BCUT2D eigenvalue weighted by Crippen LogP contribution is 2.22. The van der Waals surface area contributed by atoms with Crippen LogP contribution >= 0.6 is 12.4 Å². The number of amides is 1. The van der Waals surface area contributed by atoms with Crippen molar-refractivity contribution in [1.82, 2.24) is 14.9 Å². The lowest BCUT2D eigenvalue weighted by Crippen LogP contribution is -2.31. The molecule has 2 rings (SSSR count). The molecule has 1 aliphatic heterocycles. The number of carboxylic acid groups (broad SMARTS) is 1. The van der Waals surface area contributed by atoms with Crippen LogP contribution in [0.15, 0.2) is 12.5 Å². The van der Waals surface area contributed by atoms with Gasteiger partial charge in [0, 0.05) is 19.3 Å². The molecule has 1 amide bonds. The maximum absolute atomic E-state index is 12.4. The van der Waals surface area contributed by atoms with E-state index in [1.54, 1.807) is 4.90 Å². The van der Waals surface area contributed by atoms with E-state index in [0.29, 0.717) is 24.2 Å². The number of hydrogen-bond donors (Lipinski definition) is 1. The third kappa shape index (κ3) is 3.25. The molecule has 0 spiro atoms. The van der Waals surface area contributed by atoms with Crippen LogP contribution in [-0.2, 0) is 4.79 Å². The largest absolute Gasteiger partial charge is 0.481 e. The van der Waals surface area contributed by atoms with Crippen LogP contribution in [0, 0.1) is 5.92 Å². The van der Waals surface area contributed by atoms with Crippen LogP contribution in [0.25, 0.3) is 0 Å². The first-order valence-electron chi connectivity index (χ1n) is 6.32. The number of carbonyl (C=O) groups is 2. The van der Waals surface area contributed by atoms with Crippen LogP contribution < -0.4 is 0 Å². The number of carbonyl (C=O) groups excluding carboxylic acids is 1. The van der Waals surface area contributed by atoms with E-state index in [9.17, 15) is 9.59 Å². The Morgan fingerprint density at radius 1 is 1.45 bits per heavy atom. The van der Waals surface area contributed by atoms with Gasteiger partial charge in [-0.2, -0.15) is 0 Å². The summed E-state index contributed by atoms with van der Waals surface area (Å²) in [5.74, 6) is -1.35. The minimum atomic E-state index is -0.844. The molecule has 0 bridgehead atoms. The van der Waals surface area contributed by atoms with Gasteiger partial charge >= 0.3 is 5.97 Å². The molecule has 1 atom stereocenters. The van der Waals surface area contributed by atoms with Gasteiger partial charge in [-0.05, 0) is 12.3 Å². The van der Waals surface area contributed by atoms with E-state index >= 15 is 0 Å². The second-order valence-corrected chi connectivity index (χ2v) is 5.05. The van der Waals surface area contributed by atoms with Gasteiger partial charge in [0.1, 0.15) is 6.33 Å². The highest BCUT2D eigenvalue weighted by molar-refractivity contribution is 5.95. The van der Waals surface area contributed by atoms with Crippen molar-refractivity contribution < 1.29 is 14.7 Å². The molecule has 1 aromatic heterocycles. The van der Waals surface area contributed by atoms with Gasteiger partial charge in [-0.25, -0.2) is 9.97 Å². The fraction of sp³-hybridized carbons (Fsp3) is 0.538. The quantitative estimate of drug-likeness (QED) is 0.916. The fourth-order valence-electron chi connectivity index (χ4n) is 2.28. The van der Waals surface area contributed by atoms with E-state index < -0.39 is 11.9 Å². The summed E-state index contributed by atoms with van der Waals surface area (Å²) >= 11 is 0. The topological polar surface area (TPSA) is 83.4 Å². The average Bonchev–Trinajstić information content (AvgIpc) is 2.87.